The van der Waals surface area contributed by atoms with Gasteiger partial charge in [0.15, 0.2) is 17.3 Å². The Morgan fingerprint density at radius 3 is 2.40 bits per heavy atom. The van der Waals surface area contributed by atoms with Gasteiger partial charge in [-0.3, -0.25) is 34.4 Å². The summed E-state index contributed by atoms with van der Waals surface area (Å²) >= 11 is 2.63. The van der Waals surface area contributed by atoms with Crippen LogP contribution >= 0.6 is 15.9 Å². The number of hydrogen-bond acceptors (Lipinski definition) is 6. The summed E-state index contributed by atoms with van der Waals surface area (Å²) in [6.07, 6.45) is 0. The van der Waals surface area contributed by atoms with Crippen molar-refractivity contribution in [3.05, 3.63) is 59.8 Å². The van der Waals surface area contributed by atoms with Crippen molar-refractivity contribution in [2.24, 2.45) is 0 Å². The SMILES string of the molecule is Nc1c2c(cc(=O)n1-c1c([N+](=O)[O-])cc(Br)c(F)c1F)C(=O)NC2=O. The number of amides is 2. The minimum atomic E-state index is -1.72. The fourth-order valence-corrected chi connectivity index (χ4v) is 2.83. The van der Waals surface area contributed by atoms with Crippen LogP contribution in [0.15, 0.2) is 21.4 Å². The Balaban J connectivity index is 2.48. The first-order valence-corrected chi connectivity index (χ1v) is 7.18. The summed E-state index contributed by atoms with van der Waals surface area (Å²) in [4.78, 5) is 45.7. The van der Waals surface area contributed by atoms with Crippen LogP contribution in [-0.4, -0.2) is 21.3 Å². The van der Waals surface area contributed by atoms with E-state index in [2.05, 4.69) is 15.9 Å². The summed E-state index contributed by atoms with van der Waals surface area (Å²) in [5.74, 6) is -5.80. The zero-order valence-electron chi connectivity index (χ0n) is 11.8. The fourth-order valence-electron chi connectivity index (χ4n) is 2.43. The van der Waals surface area contributed by atoms with Crippen molar-refractivity contribution in [1.29, 1.82) is 0 Å². The van der Waals surface area contributed by atoms with E-state index in [0.29, 0.717) is 12.1 Å². The summed E-state index contributed by atoms with van der Waals surface area (Å²) in [6, 6.07) is 1.31. The van der Waals surface area contributed by atoms with E-state index in [0.717, 1.165) is 0 Å². The molecular formula is C13H5BrF2N4O5. The van der Waals surface area contributed by atoms with Gasteiger partial charge < -0.3 is 5.73 Å². The number of anilines is 1. The third-order valence-corrected chi connectivity index (χ3v) is 4.07. The molecule has 0 radical (unpaired) electrons. The van der Waals surface area contributed by atoms with Crippen molar-refractivity contribution < 1.29 is 23.3 Å². The molecular weight excluding hydrogens is 410 g/mol. The number of imide groups is 1. The number of halogens is 3. The summed E-state index contributed by atoms with van der Waals surface area (Å²) < 4.78 is 28.0. The van der Waals surface area contributed by atoms with Crippen LogP contribution in [-0.2, 0) is 0 Å². The molecule has 0 atom stereocenters. The predicted octanol–water partition coefficient (Wildman–Crippen LogP) is 1.25. The Labute approximate surface area is 144 Å². The molecule has 128 valence electrons. The second kappa shape index (κ2) is 5.44. The van der Waals surface area contributed by atoms with Crippen LogP contribution in [0.1, 0.15) is 20.7 Å². The van der Waals surface area contributed by atoms with E-state index in [4.69, 9.17) is 5.73 Å². The Bertz CT molecular complexity index is 1070. The van der Waals surface area contributed by atoms with Crippen molar-refractivity contribution >= 4 is 39.2 Å². The number of carbonyl (C=O) groups excluding carboxylic acids is 2. The Kier molecular flexibility index (Phi) is 3.64. The van der Waals surface area contributed by atoms with Gasteiger partial charge in [0.1, 0.15) is 5.82 Å². The van der Waals surface area contributed by atoms with Crippen LogP contribution in [0.4, 0.5) is 20.3 Å². The van der Waals surface area contributed by atoms with Crippen molar-refractivity contribution in [1.82, 2.24) is 9.88 Å². The van der Waals surface area contributed by atoms with Crippen molar-refractivity contribution in [2.75, 3.05) is 5.73 Å². The molecule has 0 saturated carbocycles. The molecule has 12 heteroatoms. The Morgan fingerprint density at radius 2 is 1.80 bits per heavy atom. The number of nitro benzene ring substituents is 1. The van der Waals surface area contributed by atoms with E-state index in [1.54, 1.807) is 0 Å². The molecule has 3 N–H and O–H groups in total. The molecule has 0 bridgehead atoms. The molecule has 1 aromatic heterocycles. The third kappa shape index (κ3) is 2.29. The maximum atomic E-state index is 14.4. The zero-order chi connectivity index (χ0) is 18.6. The van der Waals surface area contributed by atoms with E-state index in [1.807, 2.05) is 5.32 Å². The van der Waals surface area contributed by atoms with Gasteiger partial charge in [-0.1, -0.05) is 0 Å². The maximum absolute atomic E-state index is 14.4. The molecule has 1 aliphatic rings. The van der Waals surface area contributed by atoms with Crippen LogP contribution in [0, 0.1) is 21.7 Å². The Morgan fingerprint density at radius 1 is 1.16 bits per heavy atom. The number of nitrogens with two attached hydrogens (primary N) is 1. The monoisotopic (exact) mass is 414 g/mol. The summed E-state index contributed by atoms with van der Waals surface area (Å²) in [5.41, 5.74) is 1.66. The number of aromatic nitrogens is 1. The highest BCUT2D eigenvalue weighted by atomic mass is 79.9. The second-order valence-corrected chi connectivity index (χ2v) is 5.74. The highest BCUT2D eigenvalue weighted by Crippen LogP contribution is 2.34. The standard InChI is InChI=1S/C13H5BrF2N4O5/c14-4-2-5(20(24)25)10(9(16)8(4)15)19-6(21)1-3-7(11(19)17)13(23)18-12(3)22/h1-2H,17H2,(H,18,22,23). The van der Waals surface area contributed by atoms with Crippen LogP contribution in [0.3, 0.4) is 0 Å². The lowest BCUT2D eigenvalue weighted by Crippen LogP contribution is -2.26. The lowest BCUT2D eigenvalue weighted by Gasteiger charge is -2.13. The van der Waals surface area contributed by atoms with Gasteiger partial charge in [0.25, 0.3) is 23.1 Å². The number of hydrogen-bond donors (Lipinski definition) is 2. The molecule has 3 rings (SSSR count). The molecule has 2 aromatic rings. The van der Waals surface area contributed by atoms with Crippen LogP contribution in [0.2, 0.25) is 0 Å². The lowest BCUT2D eigenvalue weighted by molar-refractivity contribution is -0.384. The molecule has 9 nitrogen and oxygen atoms in total. The molecule has 0 unspecified atom stereocenters. The first kappa shape index (κ1) is 16.7. The molecule has 1 aliphatic heterocycles. The number of carbonyl (C=O) groups is 2. The van der Waals surface area contributed by atoms with Gasteiger partial charge in [-0.05, 0) is 15.9 Å². The topological polar surface area (TPSA) is 137 Å². The minimum Gasteiger partial charge on any atom is -0.384 e. The number of benzene rings is 1. The normalized spacial score (nSPS) is 12.9. The predicted molar refractivity (Wildman–Crippen MR) is 82.5 cm³/mol. The largest absolute Gasteiger partial charge is 0.384 e. The van der Waals surface area contributed by atoms with Crippen LogP contribution in [0.25, 0.3) is 5.69 Å². The van der Waals surface area contributed by atoms with Gasteiger partial charge in [-0.2, -0.15) is 0 Å². The molecule has 0 aliphatic carbocycles. The summed E-state index contributed by atoms with van der Waals surface area (Å²) in [5, 5.41) is 13.1. The van der Waals surface area contributed by atoms with E-state index in [1.165, 1.54) is 0 Å². The number of nitrogens with one attached hydrogen (secondary N) is 1. The van der Waals surface area contributed by atoms with Crippen molar-refractivity contribution in [3.8, 4) is 5.69 Å². The molecule has 0 saturated heterocycles. The number of rotatable bonds is 2. The fraction of sp³-hybridized carbons (Fsp3) is 0. The van der Waals surface area contributed by atoms with Gasteiger partial charge in [0.05, 0.1) is 20.5 Å². The zero-order valence-corrected chi connectivity index (χ0v) is 13.4. The quantitative estimate of drug-likeness (QED) is 0.328. The van der Waals surface area contributed by atoms with Crippen LogP contribution < -0.4 is 16.6 Å². The summed E-state index contributed by atoms with van der Waals surface area (Å²) in [6.45, 7) is 0. The molecule has 1 aromatic carbocycles. The van der Waals surface area contributed by atoms with E-state index in [9.17, 15) is 33.3 Å². The molecule has 25 heavy (non-hydrogen) atoms. The van der Waals surface area contributed by atoms with Gasteiger partial charge in [-0.15, -0.1) is 0 Å². The first-order valence-electron chi connectivity index (χ1n) is 6.38. The minimum absolute atomic E-state index is 0.278. The highest BCUT2D eigenvalue weighted by molar-refractivity contribution is 9.10. The average molecular weight is 415 g/mol. The molecule has 0 fully saturated rings. The lowest BCUT2D eigenvalue weighted by atomic mass is 10.1. The van der Waals surface area contributed by atoms with Gasteiger partial charge >= 0.3 is 0 Å². The van der Waals surface area contributed by atoms with E-state index in [-0.39, 0.29) is 10.1 Å². The number of fused-ring (bicyclic) bond motifs is 1. The number of nitro groups is 1. The Hall–Kier alpha value is -3.15. The smallest absolute Gasteiger partial charge is 0.297 e. The highest BCUT2D eigenvalue weighted by Gasteiger charge is 2.35. The van der Waals surface area contributed by atoms with Crippen molar-refractivity contribution in [3.63, 3.8) is 0 Å². The number of nitrogens with zero attached hydrogens (tertiary/aromatic N) is 2. The number of pyridine rings is 1. The molecule has 2 heterocycles. The maximum Gasteiger partial charge on any atom is 0.297 e. The van der Waals surface area contributed by atoms with E-state index < -0.39 is 61.2 Å². The van der Waals surface area contributed by atoms with Gasteiger partial charge in [0, 0.05) is 12.1 Å². The van der Waals surface area contributed by atoms with Crippen LogP contribution in [0.5, 0.6) is 0 Å². The van der Waals surface area contributed by atoms with E-state index >= 15 is 0 Å². The molecule has 0 spiro atoms. The van der Waals surface area contributed by atoms with Crippen molar-refractivity contribution in [2.45, 2.75) is 0 Å². The first-order chi connectivity index (χ1) is 11.6. The third-order valence-electron chi connectivity index (χ3n) is 3.49. The average Bonchev–Trinajstić information content (AvgIpc) is 2.80. The number of nitrogen functional groups attached to an aromatic ring is 1. The second-order valence-electron chi connectivity index (χ2n) is 4.89. The van der Waals surface area contributed by atoms with Gasteiger partial charge in [0.2, 0.25) is 0 Å². The molecule has 2 amide bonds. The summed E-state index contributed by atoms with van der Waals surface area (Å²) in [7, 11) is 0. The van der Waals surface area contributed by atoms with Gasteiger partial charge in [-0.25, -0.2) is 8.78 Å².